The highest BCUT2D eigenvalue weighted by Crippen LogP contribution is 2.31. The Hall–Kier alpha value is -1.18. The van der Waals surface area contributed by atoms with E-state index in [1.54, 1.807) is 0 Å². The van der Waals surface area contributed by atoms with E-state index in [0.29, 0.717) is 10.8 Å². The van der Waals surface area contributed by atoms with Gasteiger partial charge in [0.1, 0.15) is 11.5 Å². The van der Waals surface area contributed by atoms with Gasteiger partial charge in [0.25, 0.3) is 0 Å². The molecule has 0 aliphatic heterocycles. The van der Waals surface area contributed by atoms with Gasteiger partial charge in [0.05, 0.1) is 0 Å². The van der Waals surface area contributed by atoms with E-state index in [-0.39, 0.29) is 11.5 Å². The fourth-order valence-corrected chi connectivity index (χ4v) is 3.32. The minimum Gasteiger partial charge on any atom is -0.508 e. The second-order valence-corrected chi connectivity index (χ2v) is 9.99. The third-order valence-electron chi connectivity index (χ3n) is 4.78. The van der Waals surface area contributed by atoms with E-state index in [2.05, 4.69) is 41.5 Å². The molecular weight excluding hydrogens is 308 g/mol. The summed E-state index contributed by atoms with van der Waals surface area (Å²) < 4.78 is 0. The van der Waals surface area contributed by atoms with Crippen molar-refractivity contribution in [3.8, 4) is 11.5 Å². The third kappa shape index (κ3) is 9.77. The number of benzene rings is 1. The normalized spacial score (nSPS) is 12.6. The van der Waals surface area contributed by atoms with Gasteiger partial charge in [-0.05, 0) is 66.5 Å². The van der Waals surface area contributed by atoms with Gasteiger partial charge in [-0.2, -0.15) is 0 Å². The highest BCUT2D eigenvalue weighted by molar-refractivity contribution is 5.45. The molecule has 0 bridgehead atoms. The summed E-state index contributed by atoms with van der Waals surface area (Å²) in [5, 5.41) is 20.1. The van der Waals surface area contributed by atoms with Gasteiger partial charge < -0.3 is 10.2 Å². The van der Waals surface area contributed by atoms with Gasteiger partial charge in [-0.1, -0.05) is 60.8 Å². The lowest BCUT2D eigenvalue weighted by Crippen LogP contribution is -2.05. The molecule has 0 aliphatic carbocycles. The summed E-state index contributed by atoms with van der Waals surface area (Å²) in [6.07, 6.45) is 10.1. The molecule has 25 heavy (non-hydrogen) atoms. The van der Waals surface area contributed by atoms with Crippen molar-refractivity contribution in [3.63, 3.8) is 0 Å². The Morgan fingerprint density at radius 3 is 1.76 bits per heavy atom. The van der Waals surface area contributed by atoms with Crippen molar-refractivity contribution in [2.24, 2.45) is 10.8 Å². The lowest BCUT2D eigenvalue weighted by Gasteiger charge is -2.18. The van der Waals surface area contributed by atoms with Crippen molar-refractivity contribution in [1.82, 2.24) is 0 Å². The van der Waals surface area contributed by atoms with Crippen LogP contribution in [0.2, 0.25) is 0 Å². The van der Waals surface area contributed by atoms with Gasteiger partial charge in [0, 0.05) is 6.07 Å². The molecule has 0 saturated carbocycles. The van der Waals surface area contributed by atoms with Gasteiger partial charge in [-0.25, -0.2) is 0 Å². The van der Waals surface area contributed by atoms with Gasteiger partial charge in [-0.3, -0.25) is 0 Å². The van der Waals surface area contributed by atoms with E-state index < -0.39 is 0 Å². The first-order valence-corrected chi connectivity index (χ1v) is 10.0. The summed E-state index contributed by atoms with van der Waals surface area (Å²) in [6.45, 7) is 13.7. The topological polar surface area (TPSA) is 40.5 Å². The molecule has 1 aromatic carbocycles. The predicted octanol–water partition coefficient (Wildman–Crippen LogP) is 7.01. The molecule has 2 nitrogen and oxygen atoms in total. The zero-order chi connectivity index (χ0) is 19.1. The molecule has 0 unspecified atom stereocenters. The molecule has 2 N–H and O–H groups in total. The van der Waals surface area contributed by atoms with Crippen LogP contribution < -0.4 is 0 Å². The molecule has 0 spiro atoms. The van der Waals surface area contributed by atoms with E-state index in [1.165, 1.54) is 38.2 Å². The maximum Gasteiger partial charge on any atom is 0.122 e. The monoisotopic (exact) mass is 348 g/mol. The molecule has 1 aromatic rings. The number of aryl methyl sites for hydroxylation is 1. The van der Waals surface area contributed by atoms with Crippen LogP contribution in [0.5, 0.6) is 11.5 Å². The minimum atomic E-state index is 0.181. The lowest BCUT2D eigenvalue weighted by atomic mass is 9.88. The quantitative estimate of drug-likeness (QED) is 0.471. The summed E-state index contributed by atoms with van der Waals surface area (Å²) >= 11 is 0. The summed E-state index contributed by atoms with van der Waals surface area (Å²) in [5.41, 5.74) is 2.94. The van der Waals surface area contributed by atoms with Crippen LogP contribution in [0.1, 0.15) is 97.6 Å². The first kappa shape index (κ1) is 21.9. The van der Waals surface area contributed by atoms with E-state index in [4.69, 9.17) is 0 Å². The zero-order valence-electron chi connectivity index (χ0n) is 17.4. The van der Waals surface area contributed by atoms with Crippen molar-refractivity contribution in [3.05, 3.63) is 23.3 Å². The van der Waals surface area contributed by atoms with Crippen LogP contribution in [0.4, 0.5) is 0 Å². The van der Waals surface area contributed by atoms with Crippen molar-refractivity contribution in [2.45, 2.75) is 99.3 Å². The van der Waals surface area contributed by atoms with Crippen molar-refractivity contribution in [2.75, 3.05) is 0 Å². The van der Waals surface area contributed by atoms with Crippen LogP contribution in [0, 0.1) is 10.8 Å². The fourth-order valence-electron chi connectivity index (χ4n) is 3.32. The first-order valence-electron chi connectivity index (χ1n) is 10.0. The number of hydrogen-bond acceptors (Lipinski definition) is 2. The number of phenolic OH excluding ortho intramolecular Hbond substituents is 2. The smallest absolute Gasteiger partial charge is 0.122 e. The molecule has 0 radical (unpaired) electrons. The van der Waals surface area contributed by atoms with Gasteiger partial charge >= 0.3 is 0 Å². The molecule has 2 heteroatoms. The number of unbranched alkanes of at least 4 members (excludes halogenated alkanes) is 3. The molecule has 1 rings (SSSR count). The van der Waals surface area contributed by atoms with Crippen LogP contribution in [0.15, 0.2) is 12.1 Å². The molecule has 0 amide bonds. The number of hydrogen-bond donors (Lipinski definition) is 2. The molecular formula is C23H40O2. The number of phenols is 2. The Labute approximate surface area is 155 Å². The zero-order valence-corrected chi connectivity index (χ0v) is 17.4. The molecule has 0 saturated heterocycles. The van der Waals surface area contributed by atoms with Crippen LogP contribution >= 0.6 is 0 Å². The largest absolute Gasteiger partial charge is 0.508 e. The minimum absolute atomic E-state index is 0.181. The van der Waals surface area contributed by atoms with Crippen LogP contribution in [-0.2, 0) is 12.8 Å². The van der Waals surface area contributed by atoms with E-state index in [0.717, 1.165) is 36.8 Å². The Morgan fingerprint density at radius 1 is 0.680 bits per heavy atom. The Morgan fingerprint density at radius 2 is 1.20 bits per heavy atom. The fraction of sp³-hybridized carbons (Fsp3) is 0.739. The maximum absolute atomic E-state index is 10.3. The number of aromatic hydroxyl groups is 2. The molecule has 0 heterocycles. The highest BCUT2D eigenvalue weighted by Gasteiger charge is 2.13. The Bertz CT molecular complexity index is 518. The average Bonchev–Trinajstić information content (AvgIpc) is 2.42. The molecule has 0 atom stereocenters. The van der Waals surface area contributed by atoms with Gasteiger partial charge in [-0.15, -0.1) is 0 Å². The Balaban J connectivity index is 2.56. The third-order valence-corrected chi connectivity index (χ3v) is 4.78. The van der Waals surface area contributed by atoms with Crippen LogP contribution in [-0.4, -0.2) is 10.2 Å². The van der Waals surface area contributed by atoms with Crippen molar-refractivity contribution < 1.29 is 10.2 Å². The van der Waals surface area contributed by atoms with Crippen molar-refractivity contribution >= 4 is 0 Å². The Kier molecular flexibility index (Phi) is 8.31. The highest BCUT2D eigenvalue weighted by atomic mass is 16.3. The predicted molar refractivity (Wildman–Crippen MR) is 108 cm³/mol. The van der Waals surface area contributed by atoms with Gasteiger partial charge in [0.2, 0.25) is 0 Å². The van der Waals surface area contributed by atoms with E-state index in [9.17, 15) is 10.2 Å². The standard InChI is InChI=1S/C23H40O2/c1-22(2,3)14-10-7-8-12-18-16-19(24)17-21(25)20(18)13-9-11-15-23(4,5)6/h16-17,24-25H,7-15H2,1-6H3. The number of rotatable bonds is 9. The van der Waals surface area contributed by atoms with E-state index in [1.807, 2.05) is 6.07 Å². The summed E-state index contributed by atoms with van der Waals surface area (Å²) in [4.78, 5) is 0. The van der Waals surface area contributed by atoms with Crippen molar-refractivity contribution in [1.29, 1.82) is 0 Å². The molecule has 144 valence electrons. The second kappa shape index (κ2) is 9.50. The summed E-state index contributed by atoms with van der Waals surface area (Å²) in [7, 11) is 0. The molecule has 0 fully saturated rings. The SMILES string of the molecule is CC(C)(C)CCCCCc1cc(O)cc(O)c1CCCCC(C)(C)C. The lowest BCUT2D eigenvalue weighted by molar-refractivity contribution is 0.358. The van der Waals surface area contributed by atoms with Crippen LogP contribution in [0.3, 0.4) is 0 Å². The first-order chi connectivity index (χ1) is 11.5. The average molecular weight is 349 g/mol. The van der Waals surface area contributed by atoms with Gasteiger partial charge in [0.15, 0.2) is 0 Å². The second-order valence-electron chi connectivity index (χ2n) is 9.99. The molecule has 0 aliphatic rings. The maximum atomic E-state index is 10.3. The van der Waals surface area contributed by atoms with E-state index >= 15 is 0 Å². The summed E-state index contributed by atoms with van der Waals surface area (Å²) in [6, 6.07) is 3.34. The van der Waals surface area contributed by atoms with Crippen LogP contribution in [0.25, 0.3) is 0 Å². The summed E-state index contributed by atoms with van der Waals surface area (Å²) in [5.74, 6) is 0.445. The molecule has 0 aromatic heterocycles.